The zero-order valence-electron chi connectivity index (χ0n) is 21.8. The molecule has 38 heavy (non-hydrogen) atoms. The second-order valence-electron chi connectivity index (χ2n) is 8.28. The SMILES string of the molecule is CCOc1cccc(N2C(=O)C(=O)/C(=C(/O)c3ccc(OC)cc3OC)C2c2ccc(OC)c(OC)c2)c1. The average Bonchev–Trinajstić information content (AvgIpc) is 3.22. The molecule has 1 atom stereocenters. The van der Waals surface area contributed by atoms with E-state index < -0.39 is 17.7 Å². The molecule has 1 heterocycles. The van der Waals surface area contributed by atoms with Crippen molar-refractivity contribution >= 4 is 23.1 Å². The zero-order chi connectivity index (χ0) is 27.4. The summed E-state index contributed by atoms with van der Waals surface area (Å²) in [6, 6.07) is 15.7. The lowest BCUT2D eigenvalue weighted by Crippen LogP contribution is -2.29. The Balaban J connectivity index is 1.98. The average molecular weight is 520 g/mol. The van der Waals surface area contributed by atoms with E-state index in [-0.39, 0.29) is 22.6 Å². The van der Waals surface area contributed by atoms with Crippen molar-refractivity contribution in [3.8, 4) is 28.7 Å². The Bertz CT molecular complexity index is 1400. The Labute approximate surface area is 220 Å². The lowest BCUT2D eigenvalue weighted by atomic mass is 9.94. The van der Waals surface area contributed by atoms with Crippen LogP contribution in [-0.2, 0) is 9.59 Å². The van der Waals surface area contributed by atoms with Crippen LogP contribution in [0.2, 0.25) is 0 Å². The van der Waals surface area contributed by atoms with Gasteiger partial charge in [-0.1, -0.05) is 12.1 Å². The van der Waals surface area contributed by atoms with Crippen LogP contribution in [0.4, 0.5) is 5.69 Å². The van der Waals surface area contributed by atoms with E-state index in [1.54, 1.807) is 60.7 Å². The molecule has 1 unspecified atom stereocenters. The van der Waals surface area contributed by atoms with Gasteiger partial charge in [0.05, 0.1) is 52.2 Å². The van der Waals surface area contributed by atoms with Crippen molar-refractivity contribution in [2.75, 3.05) is 39.9 Å². The van der Waals surface area contributed by atoms with Crippen LogP contribution < -0.4 is 28.6 Å². The van der Waals surface area contributed by atoms with Crippen molar-refractivity contribution in [1.29, 1.82) is 0 Å². The van der Waals surface area contributed by atoms with Crippen LogP contribution in [0.5, 0.6) is 28.7 Å². The van der Waals surface area contributed by atoms with E-state index in [9.17, 15) is 14.7 Å². The number of carbonyl (C=O) groups excluding carboxylic acids is 2. The van der Waals surface area contributed by atoms with Gasteiger partial charge < -0.3 is 28.8 Å². The van der Waals surface area contributed by atoms with Crippen molar-refractivity contribution in [1.82, 2.24) is 0 Å². The summed E-state index contributed by atoms with van der Waals surface area (Å²) in [6.45, 7) is 2.28. The van der Waals surface area contributed by atoms with Gasteiger partial charge in [-0.05, 0) is 48.9 Å². The summed E-state index contributed by atoms with van der Waals surface area (Å²) in [6.07, 6.45) is 0. The Morgan fingerprint density at radius 3 is 2.21 bits per heavy atom. The number of methoxy groups -OCH3 is 4. The maximum absolute atomic E-state index is 13.5. The van der Waals surface area contributed by atoms with Crippen molar-refractivity contribution in [2.24, 2.45) is 0 Å². The second-order valence-corrected chi connectivity index (χ2v) is 8.28. The van der Waals surface area contributed by atoms with Gasteiger partial charge in [0, 0.05) is 17.8 Å². The monoisotopic (exact) mass is 519 g/mol. The molecule has 4 rings (SSSR count). The number of hydrogen-bond acceptors (Lipinski definition) is 8. The van der Waals surface area contributed by atoms with Gasteiger partial charge >= 0.3 is 0 Å². The fraction of sp³-hybridized carbons (Fsp3) is 0.241. The Morgan fingerprint density at radius 1 is 0.816 bits per heavy atom. The lowest BCUT2D eigenvalue weighted by Gasteiger charge is -2.26. The first kappa shape index (κ1) is 26.4. The molecule has 0 aromatic heterocycles. The first-order valence-electron chi connectivity index (χ1n) is 11.9. The number of anilines is 1. The molecule has 198 valence electrons. The van der Waals surface area contributed by atoms with Crippen molar-refractivity contribution in [2.45, 2.75) is 13.0 Å². The first-order chi connectivity index (χ1) is 18.4. The Morgan fingerprint density at radius 2 is 1.55 bits per heavy atom. The number of Topliss-reactive ketones (excluding diaryl/α,β-unsaturated/α-hetero) is 1. The third-order valence-corrected chi connectivity index (χ3v) is 6.24. The topological polar surface area (TPSA) is 104 Å². The zero-order valence-corrected chi connectivity index (χ0v) is 21.8. The van der Waals surface area contributed by atoms with Gasteiger partial charge in [-0.25, -0.2) is 0 Å². The largest absolute Gasteiger partial charge is 0.507 e. The summed E-state index contributed by atoms with van der Waals surface area (Å²) >= 11 is 0. The third kappa shape index (κ3) is 4.70. The number of hydrogen-bond donors (Lipinski definition) is 1. The molecule has 0 bridgehead atoms. The van der Waals surface area contributed by atoms with E-state index in [4.69, 9.17) is 23.7 Å². The molecule has 0 radical (unpaired) electrons. The predicted octanol–water partition coefficient (Wildman–Crippen LogP) is 4.75. The molecule has 1 fully saturated rings. The van der Waals surface area contributed by atoms with Crippen LogP contribution in [0.1, 0.15) is 24.1 Å². The molecule has 1 amide bonds. The number of ketones is 1. The minimum Gasteiger partial charge on any atom is -0.507 e. The van der Waals surface area contributed by atoms with Crippen LogP contribution in [-0.4, -0.2) is 51.8 Å². The van der Waals surface area contributed by atoms with Gasteiger partial charge in [0.2, 0.25) is 0 Å². The summed E-state index contributed by atoms with van der Waals surface area (Å²) in [4.78, 5) is 28.4. The summed E-state index contributed by atoms with van der Waals surface area (Å²) in [5, 5.41) is 11.5. The molecule has 3 aromatic carbocycles. The molecule has 3 aromatic rings. The number of amides is 1. The smallest absolute Gasteiger partial charge is 0.300 e. The first-order valence-corrected chi connectivity index (χ1v) is 11.9. The number of aliphatic hydroxyl groups is 1. The van der Waals surface area contributed by atoms with E-state index in [2.05, 4.69) is 0 Å². The van der Waals surface area contributed by atoms with E-state index in [0.29, 0.717) is 40.9 Å². The predicted molar refractivity (Wildman–Crippen MR) is 141 cm³/mol. The standard InChI is InChI=1S/C29H29NO8/c1-6-38-20-9-7-8-18(15-20)30-26(17-10-13-22(35-3)24(14-17)37-5)25(28(32)29(30)33)27(31)21-12-11-19(34-2)16-23(21)36-4/h7-16,26,31H,6H2,1-5H3/b27-25+. The van der Waals surface area contributed by atoms with Crippen molar-refractivity contribution in [3.05, 3.63) is 77.4 Å². The fourth-order valence-corrected chi connectivity index (χ4v) is 4.47. The third-order valence-electron chi connectivity index (χ3n) is 6.24. The normalized spacial score (nSPS) is 16.3. The number of aliphatic hydroxyl groups excluding tert-OH is 1. The number of ether oxygens (including phenoxy) is 5. The van der Waals surface area contributed by atoms with Crippen LogP contribution in [0.3, 0.4) is 0 Å². The maximum atomic E-state index is 13.5. The summed E-state index contributed by atoms with van der Waals surface area (Å²) in [7, 11) is 5.95. The number of carbonyl (C=O) groups is 2. The van der Waals surface area contributed by atoms with Crippen molar-refractivity contribution in [3.63, 3.8) is 0 Å². The maximum Gasteiger partial charge on any atom is 0.300 e. The molecule has 1 aliphatic heterocycles. The van der Waals surface area contributed by atoms with Gasteiger partial charge in [0.1, 0.15) is 23.0 Å². The lowest BCUT2D eigenvalue weighted by molar-refractivity contribution is -0.132. The van der Waals surface area contributed by atoms with E-state index in [1.165, 1.54) is 33.3 Å². The quantitative estimate of drug-likeness (QED) is 0.246. The number of rotatable bonds is 9. The minimum absolute atomic E-state index is 0.104. The molecule has 1 aliphatic rings. The Kier molecular flexibility index (Phi) is 7.76. The van der Waals surface area contributed by atoms with E-state index >= 15 is 0 Å². The molecule has 1 saturated heterocycles. The van der Waals surface area contributed by atoms with E-state index in [0.717, 1.165) is 0 Å². The highest BCUT2D eigenvalue weighted by atomic mass is 16.5. The van der Waals surface area contributed by atoms with Crippen LogP contribution in [0.25, 0.3) is 5.76 Å². The summed E-state index contributed by atoms with van der Waals surface area (Å²) < 4.78 is 27.2. The van der Waals surface area contributed by atoms with E-state index in [1.807, 2.05) is 6.92 Å². The highest BCUT2D eigenvalue weighted by Crippen LogP contribution is 2.45. The van der Waals surface area contributed by atoms with Crippen LogP contribution in [0, 0.1) is 0 Å². The van der Waals surface area contributed by atoms with Gasteiger partial charge in [-0.15, -0.1) is 0 Å². The highest BCUT2D eigenvalue weighted by molar-refractivity contribution is 6.51. The highest BCUT2D eigenvalue weighted by Gasteiger charge is 2.47. The summed E-state index contributed by atoms with van der Waals surface area (Å²) in [5.74, 6) is 0.167. The number of nitrogens with zero attached hydrogens (tertiary/aromatic N) is 1. The molecule has 1 N–H and O–H groups in total. The van der Waals surface area contributed by atoms with Crippen LogP contribution in [0.15, 0.2) is 66.2 Å². The molecule has 0 saturated carbocycles. The molecule has 0 spiro atoms. The number of benzene rings is 3. The molecule has 9 nitrogen and oxygen atoms in total. The molecule has 9 heteroatoms. The van der Waals surface area contributed by atoms with Gasteiger partial charge in [-0.2, -0.15) is 0 Å². The summed E-state index contributed by atoms with van der Waals surface area (Å²) in [5.41, 5.74) is 1.09. The van der Waals surface area contributed by atoms with Crippen molar-refractivity contribution < 1.29 is 38.4 Å². The van der Waals surface area contributed by atoms with Crippen LogP contribution >= 0.6 is 0 Å². The second kappa shape index (κ2) is 11.2. The molecular weight excluding hydrogens is 490 g/mol. The fourth-order valence-electron chi connectivity index (χ4n) is 4.47. The molecular formula is C29H29NO8. The molecule has 0 aliphatic carbocycles. The van der Waals surface area contributed by atoms with Gasteiger partial charge in [0.15, 0.2) is 11.5 Å². The van der Waals surface area contributed by atoms with Gasteiger partial charge in [-0.3, -0.25) is 14.5 Å². The minimum atomic E-state index is -0.988. The Hall–Kier alpha value is -4.66. The van der Waals surface area contributed by atoms with Gasteiger partial charge in [0.25, 0.3) is 11.7 Å².